The molecule has 2 heterocycles. The largest absolute Gasteiger partial charge is 0.462 e. The average molecular weight is 379 g/mol. The molecule has 7 heteroatoms. The Bertz CT molecular complexity index is 823. The van der Waals surface area contributed by atoms with Crippen molar-refractivity contribution in [3.63, 3.8) is 0 Å². The second kappa shape index (κ2) is 7.25. The Morgan fingerprint density at radius 2 is 2.08 bits per heavy atom. The molecule has 2 aromatic rings. The fraction of sp³-hybridized carbons (Fsp3) is 0.500. The van der Waals surface area contributed by atoms with Gasteiger partial charge in [0.15, 0.2) is 0 Å². The van der Waals surface area contributed by atoms with Crippen LogP contribution in [-0.2, 0) is 17.6 Å². The molecule has 1 aliphatic carbocycles. The van der Waals surface area contributed by atoms with E-state index in [0.717, 1.165) is 29.8 Å². The topological polar surface area (TPSA) is 68.3 Å². The molecule has 0 saturated heterocycles. The van der Waals surface area contributed by atoms with E-state index in [2.05, 4.69) is 17.2 Å². The summed E-state index contributed by atoms with van der Waals surface area (Å²) in [5.41, 5.74) is 2.31. The van der Waals surface area contributed by atoms with E-state index >= 15 is 0 Å². The van der Waals surface area contributed by atoms with Crippen molar-refractivity contribution in [1.29, 1.82) is 0 Å². The number of aromatic nitrogens is 1. The van der Waals surface area contributed by atoms with Gasteiger partial charge >= 0.3 is 5.97 Å². The van der Waals surface area contributed by atoms with E-state index in [1.54, 1.807) is 6.92 Å². The van der Waals surface area contributed by atoms with Gasteiger partial charge < -0.3 is 10.1 Å². The van der Waals surface area contributed by atoms with E-state index in [-0.39, 0.29) is 11.9 Å². The second-order valence-electron chi connectivity index (χ2n) is 6.38. The van der Waals surface area contributed by atoms with Gasteiger partial charge in [0.2, 0.25) is 0 Å². The minimum Gasteiger partial charge on any atom is -0.462 e. The van der Waals surface area contributed by atoms with E-state index in [9.17, 15) is 9.59 Å². The monoisotopic (exact) mass is 378 g/mol. The van der Waals surface area contributed by atoms with Crippen LogP contribution in [0.3, 0.4) is 0 Å². The lowest BCUT2D eigenvalue weighted by Crippen LogP contribution is -2.16. The lowest BCUT2D eigenvalue weighted by Gasteiger charge is -2.18. The fourth-order valence-corrected chi connectivity index (χ4v) is 5.37. The first-order valence-corrected chi connectivity index (χ1v) is 10.1. The first kappa shape index (κ1) is 18.1. The lowest BCUT2D eigenvalue weighted by molar-refractivity contribution is 0.0526. The van der Waals surface area contributed by atoms with Crippen LogP contribution in [0.25, 0.3) is 0 Å². The van der Waals surface area contributed by atoms with Crippen molar-refractivity contribution in [2.45, 2.75) is 47.0 Å². The predicted octanol–water partition coefficient (Wildman–Crippen LogP) is 4.38. The number of nitrogens with one attached hydrogen (secondary N) is 1. The number of carbonyl (C=O) groups excluding carboxylic acids is 2. The van der Waals surface area contributed by atoms with Crippen LogP contribution in [-0.4, -0.2) is 23.5 Å². The first-order chi connectivity index (χ1) is 11.9. The standard InChI is InChI=1S/C18H22N2O3S2/c1-5-23-18(22)14-12-7-6-9(2)8-13(12)25-17(14)20-16(21)15-10(3)19-11(4)24-15/h9H,5-8H2,1-4H3,(H,20,21). The molecule has 2 aromatic heterocycles. The van der Waals surface area contributed by atoms with E-state index in [1.165, 1.54) is 27.6 Å². The molecule has 1 aliphatic rings. The number of hydrogen-bond donors (Lipinski definition) is 1. The zero-order chi connectivity index (χ0) is 18.1. The van der Waals surface area contributed by atoms with Crippen molar-refractivity contribution in [3.8, 4) is 0 Å². The van der Waals surface area contributed by atoms with Gasteiger partial charge in [-0.05, 0) is 51.5 Å². The highest BCUT2D eigenvalue weighted by molar-refractivity contribution is 7.17. The Morgan fingerprint density at radius 3 is 2.72 bits per heavy atom. The number of fused-ring (bicyclic) bond motifs is 1. The minimum absolute atomic E-state index is 0.208. The maximum Gasteiger partial charge on any atom is 0.341 e. The number of thiazole rings is 1. The van der Waals surface area contributed by atoms with Gasteiger partial charge in [-0.25, -0.2) is 9.78 Å². The van der Waals surface area contributed by atoms with Crippen LogP contribution in [0.4, 0.5) is 5.00 Å². The van der Waals surface area contributed by atoms with Crippen molar-refractivity contribution < 1.29 is 14.3 Å². The number of hydrogen-bond acceptors (Lipinski definition) is 6. The van der Waals surface area contributed by atoms with Crippen molar-refractivity contribution >= 4 is 39.6 Å². The molecule has 25 heavy (non-hydrogen) atoms. The zero-order valence-electron chi connectivity index (χ0n) is 14.9. The zero-order valence-corrected chi connectivity index (χ0v) is 16.5. The Labute approximate surface area is 155 Å². The van der Waals surface area contributed by atoms with Gasteiger partial charge in [-0.1, -0.05) is 6.92 Å². The first-order valence-electron chi connectivity index (χ1n) is 8.47. The van der Waals surface area contributed by atoms with Gasteiger partial charge in [0, 0.05) is 4.88 Å². The van der Waals surface area contributed by atoms with Gasteiger partial charge in [-0.15, -0.1) is 22.7 Å². The highest BCUT2D eigenvalue weighted by Gasteiger charge is 2.29. The number of esters is 1. The maximum absolute atomic E-state index is 12.7. The molecule has 0 spiro atoms. The normalized spacial score (nSPS) is 16.4. The van der Waals surface area contributed by atoms with E-state index in [0.29, 0.717) is 33.7 Å². The van der Waals surface area contributed by atoms with Gasteiger partial charge in [0.1, 0.15) is 9.88 Å². The van der Waals surface area contributed by atoms with Crippen molar-refractivity contribution in [2.75, 3.05) is 11.9 Å². The molecule has 1 N–H and O–H groups in total. The lowest BCUT2D eigenvalue weighted by atomic mass is 9.88. The van der Waals surface area contributed by atoms with E-state index < -0.39 is 0 Å². The molecule has 0 saturated carbocycles. The number of aryl methyl sites for hydroxylation is 2. The average Bonchev–Trinajstić information content (AvgIpc) is 3.06. The summed E-state index contributed by atoms with van der Waals surface area (Å²) in [6.07, 6.45) is 2.85. The van der Waals surface area contributed by atoms with Gasteiger partial charge in [-0.2, -0.15) is 0 Å². The third kappa shape index (κ3) is 3.62. The quantitative estimate of drug-likeness (QED) is 0.802. The summed E-state index contributed by atoms with van der Waals surface area (Å²) >= 11 is 2.87. The molecule has 0 aromatic carbocycles. The molecular weight excluding hydrogens is 356 g/mol. The smallest absolute Gasteiger partial charge is 0.341 e. The van der Waals surface area contributed by atoms with Crippen molar-refractivity contribution in [2.24, 2.45) is 5.92 Å². The third-order valence-electron chi connectivity index (χ3n) is 4.33. The van der Waals surface area contributed by atoms with E-state index in [1.807, 2.05) is 13.8 Å². The molecule has 134 valence electrons. The molecule has 0 bridgehead atoms. The summed E-state index contributed by atoms with van der Waals surface area (Å²) in [6.45, 7) is 8.03. The minimum atomic E-state index is -0.345. The van der Waals surface area contributed by atoms with Crippen LogP contribution < -0.4 is 5.32 Å². The maximum atomic E-state index is 12.7. The molecule has 0 aliphatic heterocycles. The summed E-state index contributed by atoms with van der Waals surface area (Å²) in [4.78, 5) is 31.2. The Kier molecular flexibility index (Phi) is 5.24. The molecular formula is C18H22N2O3S2. The molecule has 1 amide bonds. The van der Waals surface area contributed by atoms with Crippen LogP contribution in [0, 0.1) is 19.8 Å². The second-order valence-corrected chi connectivity index (χ2v) is 8.69. The number of nitrogens with zero attached hydrogens (tertiary/aromatic N) is 1. The molecule has 1 unspecified atom stereocenters. The Balaban J connectivity index is 1.96. The van der Waals surface area contributed by atoms with E-state index in [4.69, 9.17) is 4.74 Å². The summed E-state index contributed by atoms with van der Waals surface area (Å²) in [5.74, 6) is 0.0403. The number of ether oxygens (including phenoxy) is 1. The molecule has 5 nitrogen and oxygen atoms in total. The highest BCUT2D eigenvalue weighted by Crippen LogP contribution is 2.40. The number of carbonyl (C=O) groups is 2. The number of amides is 1. The van der Waals surface area contributed by atoms with Gasteiger partial charge in [0.25, 0.3) is 5.91 Å². The van der Waals surface area contributed by atoms with Crippen molar-refractivity contribution in [3.05, 3.63) is 31.6 Å². The summed E-state index contributed by atoms with van der Waals surface area (Å²) < 4.78 is 5.24. The van der Waals surface area contributed by atoms with Gasteiger partial charge in [0.05, 0.1) is 22.9 Å². The van der Waals surface area contributed by atoms with Crippen LogP contribution >= 0.6 is 22.7 Å². The number of anilines is 1. The summed E-state index contributed by atoms with van der Waals surface area (Å²) in [7, 11) is 0. The van der Waals surface area contributed by atoms with Crippen molar-refractivity contribution in [1.82, 2.24) is 4.98 Å². The third-order valence-corrected chi connectivity index (χ3v) is 6.57. The van der Waals surface area contributed by atoms with Crippen LogP contribution in [0.15, 0.2) is 0 Å². The van der Waals surface area contributed by atoms with Crippen LogP contribution in [0.1, 0.15) is 61.4 Å². The Morgan fingerprint density at radius 1 is 1.32 bits per heavy atom. The highest BCUT2D eigenvalue weighted by atomic mass is 32.1. The number of thiophene rings is 1. The van der Waals surface area contributed by atoms with Crippen LogP contribution in [0.5, 0.6) is 0 Å². The predicted molar refractivity (Wildman–Crippen MR) is 101 cm³/mol. The molecule has 1 atom stereocenters. The van der Waals surface area contributed by atoms with Gasteiger partial charge in [-0.3, -0.25) is 4.79 Å². The fourth-order valence-electron chi connectivity index (χ4n) is 3.16. The summed E-state index contributed by atoms with van der Waals surface area (Å²) in [6, 6.07) is 0. The molecule has 0 radical (unpaired) electrons. The molecule has 3 rings (SSSR count). The SMILES string of the molecule is CCOC(=O)c1c(NC(=O)c2sc(C)nc2C)sc2c1CCC(C)C2. The summed E-state index contributed by atoms with van der Waals surface area (Å²) in [5, 5.41) is 4.40. The molecule has 0 fully saturated rings. The van der Waals surface area contributed by atoms with Crippen LogP contribution in [0.2, 0.25) is 0 Å². The number of rotatable bonds is 4. The Hall–Kier alpha value is -1.73.